The van der Waals surface area contributed by atoms with E-state index in [2.05, 4.69) is 13.8 Å². The van der Waals surface area contributed by atoms with Crippen LogP contribution in [0.15, 0.2) is 0 Å². The lowest BCUT2D eigenvalue weighted by Gasteiger charge is -2.14. The Morgan fingerprint density at radius 1 is 1.69 bits per heavy atom. The van der Waals surface area contributed by atoms with Crippen LogP contribution >= 0.6 is 0 Å². The number of carbonyl (C=O) groups is 1. The third-order valence-corrected chi connectivity index (χ3v) is 2.02. The maximum Gasteiger partial charge on any atom is 0.410 e. The highest BCUT2D eigenvalue weighted by atomic mass is 16.6. The molecule has 0 saturated carbocycles. The summed E-state index contributed by atoms with van der Waals surface area (Å²) in [7, 11) is 0. The van der Waals surface area contributed by atoms with Gasteiger partial charge in [-0.15, -0.1) is 0 Å². The number of cyclic esters (lactones) is 1. The molecule has 0 aromatic carbocycles. The number of ether oxygens (including phenoxy) is 1. The van der Waals surface area contributed by atoms with E-state index in [4.69, 9.17) is 10.5 Å². The minimum Gasteiger partial charge on any atom is -0.444 e. The Kier molecular flexibility index (Phi) is 3.54. The van der Waals surface area contributed by atoms with Gasteiger partial charge in [0, 0.05) is 6.54 Å². The molecule has 1 unspecified atom stereocenters. The van der Waals surface area contributed by atoms with Gasteiger partial charge in [0.15, 0.2) is 0 Å². The standard InChI is InChI=1S/C9H18N2O2/c1-7(2)5-11-6-8(3-4-10)13-9(11)12/h7-8H,3-6,10H2,1-2H3. The second-order valence-electron chi connectivity index (χ2n) is 3.88. The fraction of sp³-hybridized carbons (Fsp3) is 0.889. The van der Waals surface area contributed by atoms with Gasteiger partial charge in [-0.1, -0.05) is 13.8 Å². The van der Waals surface area contributed by atoms with Crippen LogP contribution in [0.2, 0.25) is 0 Å². The quantitative estimate of drug-likeness (QED) is 0.707. The molecule has 1 heterocycles. The number of rotatable bonds is 4. The van der Waals surface area contributed by atoms with Crippen molar-refractivity contribution < 1.29 is 9.53 Å². The zero-order valence-electron chi connectivity index (χ0n) is 8.32. The first kappa shape index (κ1) is 10.3. The Bertz CT molecular complexity index is 182. The van der Waals surface area contributed by atoms with Crippen LogP contribution in [0, 0.1) is 5.92 Å². The molecule has 4 heteroatoms. The molecule has 1 fully saturated rings. The van der Waals surface area contributed by atoms with Crippen LogP contribution in [0.4, 0.5) is 4.79 Å². The van der Waals surface area contributed by atoms with Crippen molar-refractivity contribution in [2.45, 2.75) is 26.4 Å². The lowest BCUT2D eigenvalue weighted by Crippen LogP contribution is -2.29. The van der Waals surface area contributed by atoms with E-state index >= 15 is 0 Å². The number of nitrogens with two attached hydrogens (primary N) is 1. The molecule has 4 nitrogen and oxygen atoms in total. The summed E-state index contributed by atoms with van der Waals surface area (Å²) in [6.07, 6.45) is 0.587. The third kappa shape index (κ3) is 2.88. The molecule has 1 atom stereocenters. The maximum absolute atomic E-state index is 11.3. The molecule has 0 radical (unpaired) electrons. The van der Waals surface area contributed by atoms with Crippen LogP contribution in [0.25, 0.3) is 0 Å². The van der Waals surface area contributed by atoms with E-state index < -0.39 is 0 Å². The van der Waals surface area contributed by atoms with E-state index in [9.17, 15) is 4.79 Å². The van der Waals surface area contributed by atoms with E-state index in [0.717, 1.165) is 13.0 Å². The van der Waals surface area contributed by atoms with Gasteiger partial charge in [0.05, 0.1) is 6.54 Å². The predicted octanol–water partition coefficient (Wildman–Crippen LogP) is 0.812. The van der Waals surface area contributed by atoms with Crippen LogP contribution in [-0.2, 0) is 4.74 Å². The molecular formula is C9H18N2O2. The van der Waals surface area contributed by atoms with Crippen LogP contribution in [-0.4, -0.2) is 36.7 Å². The number of nitrogens with zero attached hydrogens (tertiary/aromatic N) is 1. The molecule has 13 heavy (non-hydrogen) atoms. The predicted molar refractivity (Wildman–Crippen MR) is 50.4 cm³/mol. The number of carbonyl (C=O) groups excluding carboxylic acids is 1. The van der Waals surface area contributed by atoms with E-state index in [0.29, 0.717) is 19.0 Å². The zero-order valence-corrected chi connectivity index (χ0v) is 8.32. The van der Waals surface area contributed by atoms with Crippen LogP contribution in [0.3, 0.4) is 0 Å². The van der Waals surface area contributed by atoms with Gasteiger partial charge in [0.1, 0.15) is 6.10 Å². The highest BCUT2D eigenvalue weighted by Gasteiger charge is 2.30. The van der Waals surface area contributed by atoms with Crippen LogP contribution in [0.1, 0.15) is 20.3 Å². The van der Waals surface area contributed by atoms with Gasteiger partial charge >= 0.3 is 6.09 Å². The molecule has 2 N–H and O–H groups in total. The molecule has 1 aliphatic heterocycles. The summed E-state index contributed by atoms with van der Waals surface area (Å²) in [6.45, 7) is 6.23. The van der Waals surface area contributed by atoms with Gasteiger partial charge < -0.3 is 15.4 Å². The summed E-state index contributed by atoms with van der Waals surface area (Å²) in [5.41, 5.74) is 5.39. The van der Waals surface area contributed by atoms with E-state index in [1.165, 1.54) is 0 Å². The van der Waals surface area contributed by atoms with Gasteiger partial charge in [-0.2, -0.15) is 0 Å². The number of hydrogen-bond acceptors (Lipinski definition) is 3. The Morgan fingerprint density at radius 2 is 2.38 bits per heavy atom. The summed E-state index contributed by atoms with van der Waals surface area (Å²) in [5, 5.41) is 0. The summed E-state index contributed by atoms with van der Waals surface area (Å²) in [6, 6.07) is 0. The van der Waals surface area contributed by atoms with Gasteiger partial charge in [-0.25, -0.2) is 4.79 Å². The first-order chi connectivity index (χ1) is 6.13. The van der Waals surface area contributed by atoms with E-state index in [-0.39, 0.29) is 12.2 Å². The second kappa shape index (κ2) is 4.46. The number of hydrogen-bond donors (Lipinski definition) is 1. The normalized spacial score (nSPS) is 22.6. The Morgan fingerprint density at radius 3 is 2.92 bits per heavy atom. The fourth-order valence-corrected chi connectivity index (χ4v) is 1.50. The average molecular weight is 186 g/mol. The minimum atomic E-state index is -0.188. The lowest BCUT2D eigenvalue weighted by atomic mass is 10.2. The fourth-order valence-electron chi connectivity index (χ4n) is 1.50. The Hall–Kier alpha value is -0.770. The van der Waals surface area contributed by atoms with Gasteiger partial charge in [0.25, 0.3) is 0 Å². The van der Waals surface area contributed by atoms with Crippen molar-refractivity contribution in [2.75, 3.05) is 19.6 Å². The molecule has 1 amide bonds. The third-order valence-electron chi connectivity index (χ3n) is 2.02. The maximum atomic E-state index is 11.3. The monoisotopic (exact) mass is 186 g/mol. The molecule has 0 aromatic heterocycles. The van der Waals surface area contributed by atoms with Crippen LogP contribution in [0.5, 0.6) is 0 Å². The first-order valence-corrected chi connectivity index (χ1v) is 4.79. The lowest BCUT2D eigenvalue weighted by molar-refractivity contribution is 0.129. The summed E-state index contributed by atoms with van der Waals surface area (Å²) < 4.78 is 5.12. The SMILES string of the molecule is CC(C)CN1CC(CCN)OC1=O. The Labute approximate surface area is 79.0 Å². The van der Waals surface area contributed by atoms with Crippen molar-refractivity contribution in [3.05, 3.63) is 0 Å². The Balaban J connectivity index is 2.37. The van der Waals surface area contributed by atoms with Crippen molar-refractivity contribution in [2.24, 2.45) is 11.7 Å². The van der Waals surface area contributed by atoms with Crippen molar-refractivity contribution in [3.8, 4) is 0 Å². The molecular weight excluding hydrogens is 168 g/mol. The number of amides is 1. The molecule has 0 spiro atoms. The summed E-state index contributed by atoms with van der Waals surface area (Å²) in [4.78, 5) is 13.0. The van der Waals surface area contributed by atoms with Gasteiger partial charge in [-0.3, -0.25) is 0 Å². The van der Waals surface area contributed by atoms with Crippen LogP contribution < -0.4 is 5.73 Å². The van der Waals surface area contributed by atoms with Crippen molar-refractivity contribution in [1.29, 1.82) is 0 Å². The van der Waals surface area contributed by atoms with Crippen molar-refractivity contribution >= 4 is 6.09 Å². The smallest absolute Gasteiger partial charge is 0.410 e. The zero-order chi connectivity index (χ0) is 9.84. The summed E-state index contributed by atoms with van der Waals surface area (Å²) >= 11 is 0. The topological polar surface area (TPSA) is 55.6 Å². The van der Waals surface area contributed by atoms with Crippen molar-refractivity contribution in [1.82, 2.24) is 4.90 Å². The molecule has 76 valence electrons. The van der Waals surface area contributed by atoms with Gasteiger partial charge in [0.2, 0.25) is 0 Å². The molecule has 1 aliphatic rings. The first-order valence-electron chi connectivity index (χ1n) is 4.79. The second-order valence-corrected chi connectivity index (χ2v) is 3.88. The molecule has 1 saturated heterocycles. The van der Waals surface area contributed by atoms with Crippen molar-refractivity contribution in [3.63, 3.8) is 0 Å². The molecule has 0 aromatic rings. The largest absolute Gasteiger partial charge is 0.444 e. The molecule has 0 bridgehead atoms. The highest BCUT2D eigenvalue weighted by molar-refractivity contribution is 5.69. The molecule has 1 rings (SSSR count). The average Bonchev–Trinajstić information content (AvgIpc) is 2.31. The van der Waals surface area contributed by atoms with Gasteiger partial charge in [-0.05, 0) is 18.9 Å². The summed E-state index contributed by atoms with van der Waals surface area (Å²) in [5.74, 6) is 0.490. The minimum absolute atomic E-state index is 0.0104. The van der Waals surface area contributed by atoms with E-state index in [1.807, 2.05) is 0 Å². The highest BCUT2D eigenvalue weighted by Crippen LogP contribution is 2.14. The molecule has 0 aliphatic carbocycles. The van der Waals surface area contributed by atoms with E-state index in [1.54, 1.807) is 4.90 Å².